The number of ketones is 2. The van der Waals surface area contributed by atoms with E-state index in [1.165, 1.54) is 0 Å². The zero-order valence-corrected chi connectivity index (χ0v) is 13.4. The predicted octanol–water partition coefficient (Wildman–Crippen LogP) is 4.67. The Kier molecular flexibility index (Phi) is 3.48. The van der Waals surface area contributed by atoms with Crippen LogP contribution in [0.2, 0.25) is 0 Å². The van der Waals surface area contributed by atoms with Crippen molar-refractivity contribution in [1.29, 1.82) is 0 Å². The molecular formula is C20H20O2. The van der Waals surface area contributed by atoms with Crippen molar-refractivity contribution in [3.8, 4) is 0 Å². The van der Waals surface area contributed by atoms with Crippen molar-refractivity contribution in [2.24, 2.45) is 11.8 Å². The summed E-state index contributed by atoms with van der Waals surface area (Å²) in [6.07, 6.45) is 0. The molecule has 112 valence electrons. The molecule has 3 rings (SSSR count). The van der Waals surface area contributed by atoms with Crippen LogP contribution in [0.3, 0.4) is 0 Å². The van der Waals surface area contributed by atoms with E-state index in [2.05, 4.69) is 13.8 Å². The molecule has 1 aliphatic carbocycles. The molecule has 0 N–H and O–H groups in total. The average Bonchev–Trinajstić information content (AvgIpc) is 2.49. The Morgan fingerprint density at radius 3 is 2.00 bits per heavy atom. The lowest BCUT2D eigenvalue weighted by Gasteiger charge is -2.27. The van der Waals surface area contributed by atoms with E-state index >= 15 is 0 Å². The fourth-order valence-corrected chi connectivity index (χ4v) is 3.43. The van der Waals surface area contributed by atoms with Crippen molar-refractivity contribution < 1.29 is 9.59 Å². The first-order chi connectivity index (χ1) is 10.4. The Balaban J connectivity index is 2.50. The molecule has 0 unspecified atom stereocenters. The normalized spacial score (nSPS) is 15.2. The van der Waals surface area contributed by atoms with E-state index in [4.69, 9.17) is 0 Å². The highest BCUT2D eigenvalue weighted by molar-refractivity contribution is 6.53. The molecule has 0 fully saturated rings. The number of allylic oxidation sites excluding steroid dienone is 2. The Hall–Kier alpha value is -2.22. The van der Waals surface area contributed by atoms with Crippen LogP contribution in [0, 0.1) is 11.8 Å². The van der Waals surface area contributed by atoms with E-state index in [1.54, 1.807) is 6.07 Å². The highest BCUT2D eigenvalue weighted by atomic mass is 16.2. The van der Waals surface area contributed by atoms with Crippen LogP contribution in [-0.4, -0.2) is 11.6 Å². The fraction of sp³-hybridized carbons (Fsp3) is 0.300. The van der Waals surface area contributed by atoms with Crippen molar-refractivity contribution in [2.45, 2.75) is 27.7 Å². The maximum absolute atomic E-state index is 12.6. The number of benzene rings is 2. The third-order valence-electron chi connectivity index (χ3n) is 4.34. The second-order valence-corrected chi connectivity index (χ2v) is 6.50. The smallest absolute Gasteiger partial charge is 0.233 e. The predicted molar refractivity (Wildman–Crippen MR) is 89.9 cm³/mol. The van der Waals surface area contributed by atoms with E-state index in [9.17, 15) is 9.59 Å². The van der Waals surface area contributed by atoms with Gasteiger partial charge in [0.05, 0.1) is 0 Å². The van der Waals surface area contributed by atoms with Crippen molar-refractivity contribution in [2.75, 3.05) is 0 Å². The minimum atomic E-state index is -0.367. The van der Waals surface area contributed by atoms with Crippen LogP contribution in [-0.2, 0) is 4.79 Å². The van der Waals surface area contributed by atoms with Gasteiger partial charge in [-0.25, -0.2) is 0 Å². The molecule has 0 amide bonds. The minimum absolute atomic E-state index is 0.0426. The fourth-order valence-electron chi connectivity index (χ4n) is 3.43. The first kappa shape index (κ1) is 14.7. The summed E-state index contributed by atoms with van der Waals surface area (Å²) in [6.45, 7) is 8.15. The van der Waals surface area contributed by atoms with Crippen molar-refractivity contribution >= 4 is 27.9 Å². The van der Waals surface area contributed by atoms with E-state index < -0.39 is 0 Å². The zero-order valence-electron chi connectivity index (χ0n) is 13.4. The van der Waals surface area contributed by atoms with Gasteiger partial charge in [-0.2, -0.15) is 0 Å². The van der Waals surface area contributed by atoms with Gasteiger partial charge in [0.25, 0.3) is 0 Å². The second-order valence-electron chi connectivity index (χ2n) is 6.50. The molecule has 0 bridgehead atoms. The summed E-state index contributed by atoms with van der Waals surface area (Å²) < 4.78 is 0. The van der Waals surface area contributed by atoms with Gasteiger partial charge in [-0.1, -0.05) is 58.0 Å². The summed E-state index contributed by atoms with van der Waals surface area (Å²) in [5.41, 5.74) is 3.23. The van der Waals surface area contributed by atoms with Gasteiger partial charge < -0.3 is 0 Å². The second kappa shape index (κ2) is 5.20. The molecule has 2 aromatic rings. The van der Waals surface area contributed by atoms with Crippen LogP contribution >= 0.6 is 0 Å². The number of rotatable bonds is 2. The first-order valence-electron chi connectivity index (χ1n) is 7.78. The van der Waals surface area contributed by atoms with Gasteiger partial charge in [0, 0.05) is 11.1 Å². The first-order valence-corrected chi connectivity index (χ1v) is 7.78. The summed E-state index contributed by atoms with van der Waals surface area (Å²) >= 11 is 0. The number of Topliss-reactive ketones (excluding diaryl/α,β-unsaturated/α-hetero) is 2. The number of fused-ring (bicyclic) bond motifs is 3. The SMILES string of the molecule is CC(C)C1=C(C(C)C)c2c(ccc3ccccc23)C(=O)C1=O. The zero-order chi connectivity index (χ0) is 16.0. The Morgan fingerprint density at radius 2 is 1.36 bits per heavy atom. The van der Waals surface area contributed by atoms with Crippen molar-refractivity contribution in [3.63, 3.8) is 0 Å². The van der Waals surface area contributed by atoms with Crippen LogP contribution in [0.25, 0.3) is 16.3 Å². The molecule has 0 atom stereocenters. The van der Waals surface area contributed by atoms with Crippen LogP contribution in [0.5, 0.6) is 0 Å². The summed E-state index contributed by atoms with van der Waals surface area (Å²) in [5, 5.41) is 2.16. The molecule has 0 radical (unpaired) electrons. The van der Waals surface area contributed by atoms with E-state index in [0.717, 1.165) is 21.9 Å². The molecule has 2 nitrogen and oxygen atoms in total. The van der Waals surface area contributed by atoms with Gasteiger partial charge >= 0.3 is 0 Å². The van der Waals surface area contributed by atoms with E-state index in [0.29, 0.717) is 11.1 Å². The molecule has 1 aliphatic rings. The van der Waals surface area contributed by atoms with E-state index in [1.807, 2.05) is 44.2 Å². The largest absolute Gasteiger partial charge is 0.285 e. The Bertz CT molecular complexity index is 823. The highest BCUT2D eigenvalue weighted by Crippen LogP contribution is 2.41. The third-order valence-corrected chi connectivity index (χ3v) is 4.34. The monoisotopic (exact) mass is 292 g/mol. The standard InChI is InChI=1S/C20H20O2/c1-11(2)16-17(12(3)4)20(22)19(21)15-10-9-13-7-5-6-8-14(13)18(15)16/h5-12H,1-4H3. The van der Waals surface area contributed by atoms with Gasteiger partial charge in [-0.3, -0.25) is 9.59 Å². The maximum Gasteiger partial charge on any atom is 0.233 e. The molecule has 0 spiro atoms. The van der Waals surface area contributed by atoms with Gasteiger partial charge in [-0.05, 0) is 39.8 Å². The topological polar surface area (TPSA) is 34.1 Å². The number of hydrogen-bond donors (Lipinski definition) is 0. The maximum atomic E-state index is 12.6. The van der Waals surface area contributed by atoms with Crippen molar-refractivity contribution in [3.05, 3.63) is 53.1 Å². The molecule has 22 heavy (non-hydrogen) atoms. The summed E-state index contributed by atoms with van der Waals surface area (Å²) in [6, 6.07) is 11.8. The summed E-state index contributed by atoms with van der Waals surface area (Å²) in [4.78, 5) is 25.1. The molecule has 0 aliphatic heterocycles. The Morgan fingerprint density at radius 1 is 0.727 bits per heavy atom. The molecule has 0 saturated heterocycles. The Labute approximate surface area is 130 Å². The molecule has 0 aromatic heterocycles. The molecule has 2 aromatic carbocycles. The molecule has 2 heteroatoms. The van der Waals surface area contributed by atoms with Gasteiger partial charge in [-0.15, -0.1) is 0 Å². The molecular weight excluding hydrogens is 272 g/mol. The summed E-state index contributed by atoms with van der Waals surface area (Å²) in [7, 11) is 0. The van der Waals surface area contributed by atoms with E-state index in [-0.39, 0.29) is 23.4 Å². The molecule has 0 heterocycles. The van der Waals surface area contributed by atoms with Gasteiger partial charge in [0.15, 0.2) is 0 Å². The van der Waals surface area contributed by atoms with Crippen LogP contribution in [0.4, 0.5) is 0 Å². The number of carbonyl (C=O) groups is 2. The van der Waals surface area contributed by atoms with Crippen molar-refractivity contribution in [1.82, 2.24) is 0 Å². The van der Waals surface area contributed by atoms with Crippen LogP contribution in [0.1, 0.15) is 43.6 Å². The lowest BCUT2D eigenvalue weighted by Crippen LogP contribution is -2.28. The molecule has 0 saturated carbocycles. The number of hydrogen-bond acceptors (Lipinski definition) is 2. The quantitative estimate of drug-likeness (QED) is 0.754. The lowest BCUT2D eigenvalue weighted by atomic mass is 9.74. The minimum Gasteiger partial charge on any atom is -0.285 e. The number of carbonyl (C=O) groups excluding carboxylic acids is 2. The third kappa shape index (κ3) is 2.02. The highest BCUT2D eigenvalue weighted by Gasteiger charge is 2.35. The summed E-state index contributed by atoms with van der Waals surface area (Å²) in [5.74, 6) is -0.463. The van der Waals surface area contributed by atoms with Crippen LogP contribution < -0.4 is 0 Å². The van der Waals surface area contributed by atoms with Gasteiger partial charge in [0.2, 0.25) is 11.6 Å². The average molecular weight is 292 g/mol. The van der Waals surface area contributed by atoms with Gasteiger partial charge in [0.1, 0.15) is 0 Å². The lowest BCUT2D eigenvalue weighted by molar-refractivity contribution is -0.112. The van der Waals surface area contributed by atoms with Crippen LogP contribution in [0.15, 0.2) is 42.0 Å².